The number of phenols is 1. The predicted octanol–water partition coefficient (Wildman–Crippen LogP) is 3.38. The van der Waals surface area contributed by atoms with E-state index in [1.165, 1.54) is 12.1 Å². The van der Waals surface area contributed by atoms with Crippen molar-refractivity contribution in [2.45, 2.75) is 31.4 Å². The molecule has 0 aliphatic heterocycles. The number of carboxylic acid groups (broad SMARTS) is 1. The van der Waals surface area contributed by atoms with Crippen LogP contribution in [0.4, 0.5) is 13.2 Å². The van der Waals surface area contributed by atoms with Gasteiger partial charge in [-0.3, -0.25) is 4.79 Å². The summed E-state index contributed by atoms with van der Waals surface area (Å²) in [6.45, 7) is 0. The van der Waals surface area contributed by atoms with Crippen LogP contribution in [0, 0.1) is 5.92 Å². The molecule has 0 spiro atoms. The van der Waals surface area contributed by atoms with Crippen LogP contribution < -0.4 is 0 Å². The number of halogens is 3. The van der Waals surface area contributed by atoms with Crippen LogP contribution in [-0.2, 0) is 11.0 Å². The van der Waals surface area contributed by atoms with Crippen molar-refractivity contribution in [3.05, 3.63) is 29.3 Å². The average molecular weight is 274 g/mol. The third-order valence-corrected chi connectivity index (χ3v) is 3.33. The van der Waals surface area contributed by atoms with E-state index in [0.717, 1.165) is 12.8 Å². The lowest BCUT2D eigenvalue weighted by atomic mass is 9.87. The Morgan fingerprint density at radius 3 is 2.47 bits per heavy atom. The Kier molecular flexibility index (Phi) is 3.43. The largest absolute Gasteiger partial charge is 0.508 e. The highest BCUT2D eigenvalue weighted by Gasteiger charge is 2.40. The SMILES string of the molecule is O=C(O)CC(c1ccc(O)cc1C(F)(F)F)C1CC1. The van der Waals surface area contributed by atoms with Crippen LogP contribution in [0.3, 0.4) is 0 Å². The summed E-state index contributed by atoms with van der Waals surface area (Å²) in [6.07, 6.45) is -3.43. The van der Waals surface area contributed by atoms with Gasteiger partial charge in [-0.25, -0.2) is 0 Å². The number of hydrogen-bond acceptors (Lipinski definition) is 2. The molecular weight excluding hydrogens is 261 g/mol. The van der Waals surface area contributed by atoms with E-state index in [4.69, 9.17) is 5.11 Å². The maximum atomic E-state index is 13.0. The maximum absolute atomic E-state index is 13.0. The lowest BCUT2D eigenvalue weighted by Gasteiger charge is -2.20. The second-order valence-corrected chi connectivity index (χ2v) is 4.81. The van der Waals surface area contributed by atoms with E-state index in [-0.39, 0.29) is 17.9 Å². The highest BCUT2D eigenvalue weighted by atomic mass is 19.4. The number of benzene rings is 1. The molecule has 0 saturated heterocycles. The van der Waals surface area contributed by atoms with Crippen LogP contribution in [0.5, 0.6) is 5.75 Å². The summed E-state index contributed by atoms with van der Waals surface area (Å²) >= 11 is 0. The molecule has 1 fully saturated rings. The van der Waals surface area contributed by atoms with Gasteiger partial charge in [0.25, 0.3) is 0 Å². The molecule has 1 aromatic rings. The Morgan fingerprint density at radius 2 is 2.00 bits per heavy atom. The summed E-state index contributed by atoms with van der Waals surface area (Å²) in [7, 11) is 0. The molecule has 6 heteroatoms. The fourth-order valence-corrected chi connectivity index (χ4v) is 2.33. The minimum atomic E-state index is -4.60. The zero-order valence-corrected chi connectivity index (χ0v) is 9.94. The van der Waals surface area contributed by atoms with Gasteiger partial charge in [-0.2, -0.15) is 13.2 Å². The molecule has 0 heterocycles. The Labute approximate surface area is 107 Å². The van der Waals surface area contributed by atoms with Gasteiger partial charge in [0.1, 0.15) is 5.75 Å². The van der Waals surface area contributed by atoms with E-state index >= 15 is 0 Å². The molecule has 0 aromatic heterocycles. The molecule has 19 heavy (non-hydrogen) atoms. The van der Waals surface area contributed by atoms with E-state index in [9.17, 15) is 23.1 Å². The lowest BCUT2D eigenvalue weighted by Crippen LogP contribution is -2.15. The van der Waals surface area contributed by atoms with Crippen molar-refractivity contribution in [1.29, 1.82) is 0 Å². The summed E-state index contributed by atoms with van der Waals surface area (Å²) in [5.74, 6) is -2.24. The van der Waals surface area contributed by atoms with Crippen molar-refractivity contribution >= 4 is 5.97 Å². The Morgan fingerprint density at radius 1 is 1.37 bits per heavy atom. The van der Waals surface area contributed by atoms with Gasteiger partial charge in [0.2, 0.25) is 0 Å². The molecule has 1 aliphatic rings. The molecule has 2 rings (SSSR count). The second kappa shape index (κ2) is 4.75. The minimum Gasteiger partial charge on any atom is -0.508 e. The molecule has 2 N–H and O–H groups in total. The van der Waals surface area contributed by atoms with Crippen molar-refractivity contribution in [1.82, 2.24) is 0 Å². The zero-order chi connectivity index (χ0) is 14.2. The molecule has 3 nitrogen and oxygen atoms in total. The number of carboxylic acids is 1. The number of hydrogen-bond donors (Lipinski definition) is 2. The standard InChI is InChI=1S/C13H13F3O3/c14-13(15,16)11-5-8(17)3-4-9(11)10(6-12(18)19)7-1-2-7/h3-5,7,10,17H,1-2,6H2,(H,18,19). The quantitative estimate of drug-likeness (QED) is 0.884. The third kappa shape index (κ3) is 3.19. The van der Waals surface area contributed by atoms with Gasteiger partial charge in [0.05, 0.1) is 12.0 Å². The fraction of sp³-hybridized carbons (Fsp3) is 0.462. The van der Waals surface area contributed by atoms with Gasteiger partial charge in [-0.15, -0.1) is 0 Å². The highest BCUT2D eigenvalue weighted by molar-refractivity contribution is 5.68. The Balaban J connectivity index is 2.44. The summed E-state index contributed by atoms with van der Waals surface area (Å²) in [5.41, 5.74) is -0.971. The van der Waals surface area contributed by atoms with Crippen LogP contribution in [0.1, 0.15) is 36.3 Å². The zero-order valence-electron chi connectivity index (χ0n) is 9.94. The van der Waals surface area contributed by atoms with E-state index in [2.05, 4.69) is 0 Å². The first kappa shape index (κ1) is 13.7. The van der Waals surface area contributed by atoms with Crippen LogP contribution in [0.2, 0.25) is 0 Å². The first-order valence-corrected chi connectivity index (χ1v) is 5.91. The average Bonchev–Trinajstić information content (AvgIpc) is 3.08. The summed E-state index contributed by atoms with van der Waals surface area (Å²) in [6, 6.07) is 3.01. The van der Waals surface area contributed by atoms with Crippen molar-refractivity contribution in [2.24, 2.45) is 5.92 Å². The molecule has 1 saturated carbocycles. The van der Waals surface area contributed by atoms with Crippen LogP contribution in [0.15, 0.2) is 18.2 Å². The summed E-state index contributed by atoms with van der Waals surface area (Å²) < 4.78 is 38.9. The van der Waals surface area contributed by atoms with Crippen molar-refractivity contribution < 1.29 is 28.2 Å². The fourth-order valence-electron chi connectivity index (χ4n) is 2.33. The first-order valence-electron chi connectivity index (χ1n) is 5.91. The van der Waals surface area contributed by atoms with Crippen LogP contribution >= 0.6 is 0 Å². The van der Waals surface area contributed by atoms with Gasteiger partial charge >= 0.3 is 12.1 Å². The number of alkyl halides is 3. The minimum absolute atomic E-state index is 0.0123. The van der Waals surface area contributed by atoms with E-state index in [0.29, 0.717) is 6.07 Å². The smallest absolute Gasteiger partial charge is 0.416 e. The third-order valence-electron chi connectivity index (χ3n) is 3.33. The molecule has 0 bridgehead atoms. The van der Waals surface area contributed by atoms with Crippen molar-refractivity contribution in [3.63, 3.8) is 0 Å². The molecule has 0 amide bonds. The topological polar surface area (TPSA) is 57.5 Å². The van der Waals surface area contributed by atoms with Gasteiger partial charge in [0.15, 0.2) is 0 Å². The van der Waals surface area contributed by atoms with E-state index in [1.807, 2.05) is 0 Å². The van der Waals surface area contributed by atoms with Gasteiger partial charge in [0, 0.05) is 0 Å². The second-order valence-electron chi connectivity index (χ2n) is 4.81. The van der Waals surface area contributed by atoms with Gasteiger partial charge in [-0.05, 0) is 42.4 Å². The van der Waals surface area contributed by atoms with Gasteiger partial charge < -0.3 is 10.2 Å². The summed E-state index contributed by atoms with van der Waals surface area (Å²) in [5, 5.41) is 18.0. The maximum Gasteiger partial charge on any atom is 0.416 e. The van der Waals surface area contributed by atoms with E-state index < -0.39 is 29.4 Å². The van der Waals surface area contributed by atoms with E-state index in [1.54, 1.807) is 0 Å². The normalized spacial score (nSPS) is 17.2. The number of phenolic OH excluding ortho intramolecular Hbond substituents is 1. The molecule has 1 atom stereocenters. The lowest BCUT2D eigenvalue weighted by molar-refractivity contribution is -0.140. The number of aromatic hydroxyl groups is 1. The van der Waals surface area contributed by atoms with Crippen LogP contribution in [-0.4, -0.2) is 16.2 Å². The Hall–Kier alpha value is -1.72. The predicted molar refractivity (Wildman–Crippen MR) is 60.8 cm³/mol. The molecule has 1 aliphatic carbocycles. The molecular formula is C13H13F3O3. The number of carbonyl (C=O) groups is 1. The number of rotatable bonds is 4. The van der Waals surface area contributed by atoms with Crippen molar-refractivity contribution in [3.8, 4) is 5.75 Å². The number of aliphatic carboxylic acids is 1. The molecule has 1 aromatic carbocycles. The highest BCUT2D eigenvalue weighted by Crippen LogP contribution is 2.48. The molecule has 104 valence electrons. The first-order chi connectivity index (χ1) is 8.79. The molecule has 0 radical (unpaired) electrons. The molecule has 1 unspecified atom stereocenters. The Bertz CT molecular complexity index is 492. The monoisotopic (exact) mass is 274 g/mol. The summed E-state index contributed by atoms with van der Waals surface area (Å²) in [4.78, 5) is 10.8. The van der Waals surface area contributed by atoms with Gasteiger partial charge in [-0.1, -0.05) is 6.07 Å². The van der Waals surface area contributed by atoms with Crippen LogP contribution in [0.25, 0.3) is 0 Å². The van der Waals surface area contributed by atoms with Crippen molar-refractivity contribution in [2.75, 3.05) is 0 Å².